The lowest BCUT2D eigenvalue weighted by atomic mass is 10.2. The fourth-order valence-electron chi connectivity index (χ4n) is 2.28. The molecule has 0 amide bonds. The first-order valence-corrected chi connectivity index (χ1v) is 7.37. The van der Waals surface area contributed by atoms with Gasteiger partial charge in [0, 0.05) is 30.9 Å². The van der Waals surface area contributed by atoms with Gasteiger partial charge in [0.25, 0.3) is 5.69 Å². The van der Waals surface area contributed by atoms with Crippen LogP contribution in [0.3, 0.4) is 0 Å². The van der Waals surface area contributed by atoms with Crippen LogP contribution in [0.1, 0.15) is 0 Å². The molecule has 0 aliphatic heterocycles. The minimum atomic E-state index is -0.538. The summed E-state index contributed by atoms with van der Waals surface area (Å²) < 4.78 is 0. The third kappa shape index (κ3) is 3.11. The zero-order valence-electron chi connectivity index (χ0n) is 13.4. The van der Waals surface area contributed by atoms with Crippen LogP contribution >= 0.6 is 0 Å². The molecule has 2 heterocycles. The van der Waals surface area contributed by atoms with Gasteiger partial charge in [-0.1, -0.05) is 0 Å². The minimum absolute atomic E-state index is 0.0561. The van der Waals surface area contributed by atoms with Crippen LogP contribution in [0.15, 0.2) is 49.1 Å². The predicted molar refractivity (Wildman–Crippen MR) is 99.0 cm³/mol. The van der Waals surface area contributed by atoms with Crippen LogP contribution in [-0.2, 0) is 0 Å². The summed E-state index contributed by atoms with van der Waals surface area (Å²) in [5.74, 6) is 0. The number of nitrogens with zero attached hydrogens (tertiary/aromatic N) is 5. The molecule has 0 saturated heterocycles. The maximum Gasteiger partial charge on any atom is 0.294 e. The summed E-state index contributed by atoms with van der Waals surface area (Å²) in [4.78, 5) is 26.1. The second-order valence-electron chi connectivity index (χ2n) is 5.17. The molecule has 6 N–H and O–H groups in total. The van der Waals surface area contributed by atoms with Gasteiger partial charge >= 0.3 is 0 Å². The monoisotopic (exact) mass is 350 g/mol. The number of nitro groups is 1. The fraction of sp³-hybridized carbons (Fsp3) is 0. The normalized spacial score (nSPS) is 10.3. The van der Waals surface area contributed by atoms with E-state index in [1.807, 2.05) is 0 Å². The van der Waals surface area contributed by atoms with E-state index < -0.39 is 4.92 Å². The number of benzene rings is 2. The number of fused-ring (bicyclic) bond motifs is 2. The quantitative estimate of drug-likeness (QED) is 0.263. The van der Waals surface area contributed by atoms with Crippen molar-refractivity contribution < 1.29 is 4.92 Å². The fourth-order valence-corrected chi connectivity index (χ4v) is 2.28. The highest BCUT2D eigenvalue weighted by molar-refractivity contribution is 5.93. The van der Waals surface area contributed by atoms with Gasteiger partial charge in [-0.3, -0.25) is 30.1 Å². The highest BCUT2D eigenvalue weighted by atomic mass is 16.6. The Morgan fingerprint density at radius 1 is 0.731 bits per heavy atom. The van der Waals surface area contributed by atoms with E-state index in [2.05, 4.69) is 19.9 Å². The lowest BCUT2D eigenvalue weighted by molar-refractivity contribution is -0.383. The molecule has 4 rings (SSSR count). The molecule has 130 valence electrons. The van der Waals surface area contributed by atoms with E-state index in [4.69, 9.17) is 17.2 Å². The maximum absolute atomic E-state index is 10.5. The van der Waals surface area contributed by atoms with Gasteiger partial charge in [-0.2, -0.15) is 0 Å². The van der Waals surface area contributed by atoms with Crippen molar-refractivity contribution in [2.75, 3.05) is 17.2 Å². The Labute approximate surface area is 146 Å². The molecule has 2 aromatic carbocycles. The number of anilines is 3. The van der Waals surface area contributed by atoms with Crippen molar-refractivity contribution in [3.8, 4) is 0 Å². The van der Waals surface area contributed by atoms with Gasteiger partial charge in [-0.05, 0) is 18.2 Å². The van der Waals surface area contributed by atoms with Crippen molar-refractivity contribution in [1.82, 2.24) is 19.9 Å². The Bertz CT molecular complexity index is 1120. The molecule has 0 atom stereocenters. The molecule has 2 aromatic heterocycles. The molecule has 0 bridgehead atoms. The van der Waals surface area contributed by atoms with Crippen molar-refractivity contribution in [3.05, 3.63) is 59.2 Å². The van der Waals surface area contributed by atoms with E-state index in [0.717, 1.165) is 5.52 Å². The third-order valence-corrected chi connectivity index (χ3v) is 3.57. The Morgan fingerprint density at radius 2 is 1.23 bits per heavy atom. The topological polar surface area (TPSA) is 173 Å². The molecule has 0 aliphatic carbocycles. The van der Waals surface area contributed by atoms with Crippen molar-refractivity contribution in [3.63, 3.8) is 0 Å². The summed E-state index contributed by atoms with van der Waals surface area (Å²) in [7, 11) is 0. The molecule has 0 aliphatic rings. The van der Waals surface area contributed by atoms with Gasteiger partial charge in [-0.25, -0.2) is 0 Å². The van der Waals surface area contributed by atoms with Gasteiger partial charge in [0.05, 0.1) is 27.3 Å². The molecule has 0 unspecified atom stereocenters. The average Bonchev–Trinajstić information content (AvgIpc) is 2.66. The van der Waals surface area contributed by atoms with Crippen LogP contribution in [0.5, 0.6) is 0 Å². The number of nitrogen functional groups attached to an aromatic ring is 3. The smallest absolute Gasteiger partial charge is 0.294 e. The average molecular weight is 350 g/mol. The number of aromatic nitrogens is 4. The molecule has 0 radical (unpaired) electrons. The van der Waals surface area contributed by atoms with E-state index in [1.54, 1.807) is 24.5 Å². The van der Waals surface area contributed by atoms with Crippen molar-refractivity contribution in [1.29, 1.82) is 0 Å². The Kier molecular flexibility index (Phi) is 4.39. The Hall–Kier alpha value is -4.08. The van der Waals surface area contributed by atoms with Crippen LogP contribution in [-0.4, -0.2) is 24.9 Å². The lowest BCUT2D eigenvalue weighted by Gasteiger charge is -2.01. The van der Waals surface area contributed by atoms with Crippen molar-refractivity contribution in [2.45, 2.75) is 0 Å². The first kappa shape index (κ1) is 16.8. The van der Waals surface area contributed by atoms with Gasteiger partial charge in [0.15, 0.2) is 0 Å². The van der Waals surface area contributed by atoms with Crippen LogP contribution in [0.4, 0.5) is 22.7 Å². The first-order chi connectivity index (χ1) is 12.5. The van der Waals surface area contributed by atoms with E-state index in [9.17, 15) is 10.1 Å². The molecule has 0 spiro atoms. The molecular formula is C16H14N8O2. The minimum Gasteiger partial charge on any atom is -0.397 e. The summed E-state index contributed by atoms with van der Waals surface area (Å²) in [6.07, 6.45) is 6.17. The SMILES string of the molecule is Nc1c([N+](=O)[O-])ccc2nccnc12.Nc1ccc2nccnc2c1N. The molecule has 0 fully saturated rings. The summed E-state index contributed by atoms with van der Waals surface area (Å²) in [5, 5.41) is 10.5. The maximum atomic E-state index is 10.5. The molecule has 10 nitrogen and oxygen atoms in total. The van der Waals surface area contributed by atoms with Gasteiger partial charge in [-0.15, -0.1) is 0 Å². The number of rotatable bonds is 1. The van der Waals surface area contributed by atoms with Crippen LogP contribution < -0.4 is 17.2 Å². The number of hydrogen-bond donors (Lipinski definition) is 3. The molecular weight excluding hydrogens is 336 g/mol. The zero-order chi connectivity index (χ0) is 18.7. The molecule has 0 saturated carbocycles. The standard InChI is InChI=1S/C8H6N4O2.C8H8N4/c9-7-6(12(13)14)2-1-5-8(7)11-4-3-10-5;9-5-1-2-6-8(7(5)10)12-4-3-11-6/h1-4H,9H2;1-4H,9-10H2. The highest BCUT2D eigenvalue weighted by Gasteiger charge is 2.14. The van der Waals surface area contributed by atoms with E-state index in [-0.39, 0.29) is 11.4 Å². The zero-order valence-corrected chi connectivity index (χ0v) is 13.4. The summed E-state index contributed by atoms with van der Waals surface area (Å²) >= 11 is 0. The lowest BCUT2D eigenvalue weighted by Crippen LogP contribution is -1.98. The number of hydrogen-bond acceptors (Lipinski definition) is 9. The van der Waals surface area contributed by atoms with E-state index >= 15 is 0 Å². The predicted octanol–water partition coefficient (Wildman–Crippen LogP) is 1.91. The number of nitro benzene ring substituents is 1. The van der Waals surface area contributed by atoms with E-state index in [1.165, 1.54) is 24.5 Å². The first-order valence-electron chi connectivity index (χ1n) is 7.37. The van der Waals surface area contributed by atoms with Crippen LogP contribution in [0.2, 0.25) is 0 Å². The van der Waals surface area contributed by atoms with Gasteiger partial charge in [0.1, 0.15) is 16.7 Å². The van der Waals surface area contributed by atoms with Crippen molar-refractivity contribution >= 4 is 44.8 Å². The number of nitrogens with two attached hydrogens (primary N) is 3. The molecule has 4 aromatic rings. The Morgan fingerprint density at radius 3 is 1.81 bits per heavy atom. The Balaban J connectivity index is 0.000000152. The largest absolute Gasteiger partial charge is 0.397 e. The molecule has 26 heavy (non-hydrogen) atoms. The molecule has 10 heteroatoms. The van der Waals surface area contributed by atoms with Crippen molar-refractivity contribution in [2.24, 2.45) is 0 Å². The van der Waals surface area contributed by atoms with E-state index in [0.29, 0.717) is 27.9 Å². The summed E-state index contributed by atoms with van der Waals surface area (Å²) in [6, 6.07) is 6.38. The third-order valence-electron chi connectivity index (χ3n) is 3.57. The summed E-state index contributed by atoms with van der Waals surface area (Å²) in [5.41, 5.74) is 20.2. The summed E-state index contributed by atoms with van der Waals surface area (Å²) in [6.45, 7) is 0. The van der Waals surface area contributed by atoms with Gasteiger partial charge < -0.3 is 17.2 Å². The van der Waals surface area contributed by atoms with Crippen LogP contribution in [0.25, 0.3) is 22.1 Å². The van der Waals surface area contributed by atoms with Crippen LogP contribution in [0, 0.1) is 10.1 Å². The highest BCUT2D eigenvalue weighted by Crippen LogP contribution is 2.27. The second kappa shape index (κ2) is 6.81. The van der Waals surface area contributed by atoms with Gasteiger partial charge in [0.2, 0.25) is 0 Å². The second-order valence-corrected chi connectivity index (χ2v) is 5.17.